The second-order valence-corrected chi connectivity index (χ2v) is 4.34. The average molecular weight is 305 g/mol. The zero-order valence-corrected chi connectivity index (χ0v) is 10.8. The maximum absolute atomic E-state index is 13.1. The van der Waals surface area contributed by atoms with Crippen LogP contribution in [0, 0.1) is 6.92 Å². The highest BCUT2D eigenvalue weighted by atomic mass is 35.5. The highest BCUT2D eigenvalue weighted by Crippen LogP contribution is 2.30. The van der Waals surface area contributed by atoms with Crippen LogP contribution in [0.15, 0.2) is 18.2 Å². The summed E-state index contributed by atoms with van der Waals surface area (Å²) in [6.07, 6.45) is -4.83. The van der Waals surface area contributed by atoms with Gasteiger partial charge in [-0.2, -0.15) is 18.3 Å². The van der Waals surface area contributed by atoms with Crippen LogP contribution in [-0.2, 0) is 6.18 Å². The standard InChI is InChI=1S/C10H8BClF3N3O2/c1-5-8(11(19)20)9(10(13,14)15)18(17-5)7-4-2-3-6(12)16-7/h2-4,19-20H,1H3. The number of hydrogen-bond donors (Lipinski definition) is 2. The summed E-state index contributed by atoms with van der Waals surface area (Å²) in [7, 11) is -2.29. The number of rotatable bonds is 2. The molecular weight excluding hydrogens is 297 g/mol. The van der Waals surface area contributed by atoms with Gasteiger partial charge in [-0.25, -0.2) is 9.67 Å². The van der Waals surface area contributed by atoms with Crippen LogP contribution in [0.1, 0.15) is 11.4 Å². The molecule has 10 heteroatoms. The molecule has 0 aliphatic rings. The Kier molecular flexibility index (Phi) is 3.76. The molecule has 0 aromatic carbocycles. The van der Waals surface area contributed by atoms with Crippen molar-refractivity contribution < 1.29 is 23.2 Å². The van der Waals surface area contributed by atoms with E-state index in [1.807, 2.05) is 0 Å². The van der Waals surface area contributed by atoms with Gasteiger partial charge in [-0.1, -0.05) is 17.7 Å². The molecule has 0 spiro atoms. The molecule has 0 fully saturated rings. The molecule has 0 saturated heterocycles. The van der Waals surface area contributed by atoms with E-state index in [0.717, 1.165) is 0 Å². The SMILES string of the molecule is Cc1nn(-c2cccc(Cl)n2)c(C(F)(F)F)c1B(O)O. The predicted octanol–water partition coefficient (Wildman–Crippen LogP) is 0.928. The largest absolute Gasteiger partial charge is 0.492 e. The number of hydrogen-bond acceptors (Lipinski definition) is 4. The van der Waals surface area contributed by atoms with Gasteiger partial charge in [0.05, 0.1) is 5.69 Å². The van der Waals surface area contributed by atoms with Crippen LogP contribution >= 0.6 is 11.6 Å². The molecule has 0 radical (unpaired) electrons. The smallest absolute Gasteiger partial charge is 0.423 e. The number of nitrogens with zero attached hydrogens (tertiary/aromatic N) is 3. The molecule has 0 atom stereocenters. The first-order valence-electron chi connectivity index (χ1n) is 5.37. The Balaban J connectivity index is 2.74. The number of aromatic nitrogens is 3. The monoisotopic (exact) mass is 305 g/mol. The number of aryl methyl sites for hydroxylation is 1. The molecule has 2 rings (SSSR count). The minimum Gasteiger partial charge on any atom is -0.423 e. The summed E-state index contributed by atoms with van der Waals surface area (Å²) >= 11 is 5.64. The maximum atomic E-state index is 13.1. The normalized spacial score (nSPS) is 11.8. The summed E-state index contributed by atoms with van der Waals surface area (Å²) in [4.78, 5) is 3.73. The molecule has 2 aromatic heterocycles. The number of halogens is 4. The van der Waals surface area contributed by atoms with Gasteiger partial charge in [-0.05, 0) is 19.1 Å². The van der Waals surface area contributed by atoms with E-state index in [0.29, 0.717) is 4.68 Å². The molecule has 5 nitrogen and oxygen atoms in total. The second kappa shape index (κ2) is 5.08. The van der Waals surface area contributed by atoms with Crippen molar-refractivity contribution in [3.63, 3.8) is 0 Å². The first kappa shape index (κ1) is 14.8. The van der Waals surface area contributed by atoms with Crippen molar-refractivity contribution in [1.82, 2.24) is 14.8 Å². The van der Waals surface area contributed by atoms with E-state index >= 15 is 0 Å². The van der Waals surface area contributed by atoms with Gasteiger partial charge in [0, 0.05) is 5.46 Å². The van der Waals surface area contributed by atoms with E-state index < -0.39 is 24.5 Å². The number of pyridine rings is 1. The van der Waals surface area contributed by atoms with Crippen LogP contribution in [0.4, 0.5) is 13.2 Å². The van der Waals surface area contributed by atoms with Crippen LogP contribution < -0.4 is 5.46 Å². The Bertz CT molecular complexity index is 645. The van der Waals surface area contributed by atoms with Crippen LogP contribution in [0.3, 0.4) is 0 Å². The van der Waals surface area contributed by atoms with Crippen molar-refractivity contribution in [3.05, 3.63) is 34.7 Å². The van der Waals surface area contributed by atoms with Crippen LogP contribution in [0.2, 0.25) is 5.15 Å². The fourth-order valence-electron chi connectivity index (χ4n) is 1.80. The summed E-state index contributed by atoms with van der Waals surface area (Å²) < 4.78 is 39.9. The first-order valence-corrected chi connectivity index (χ1v) is 5.75. The highest BCUT2D eigenvalue weighted by molar-refractivity contribution is 6.59. The second-order valence-electron chi connectivity index (χ2n) is 3.95. The van der Waals surface area contributed by atoms with Gasteiger partial charge in [0.15, 0.2) is 5.82 Å². The lowest BCUT2D eigenvalue weighted by molar-refractivity contribution is -0.142. The Morgan fingerprint density at radius 1 is 1.30 bits per heavy atom. The molecule has 106 valence electrons. The minimum absolute atomic E-state index is 0.00475. The molecule has 0 aliphatic heterocycles. The predicted molar refractivity (Wildman–Crippen MR) is 65.9 cm³/mol. The molecule has 0 saturated carbocycles. The Labute approximate surface area is 116 Å². The average Bonchev–Trinajstić information content (AvgIpc) is 2.66. The summed E-state index contributed by atoms with van der Waals surface area (Å²) in [5.41, 5.74) is -2.16. The Hall–Kier alpha value is -1.58. The Morgan fingerprint density at radius 3 is 2.45 bits per heavy atom. The van der Waals surface area contributed by atoms with E-state index in [-0.39, 0.29) is 16.7 Å². The fourth-order valence-corrected chi connectivity index (χ4v) is 1.96. The molecule has 0 unspecified atom stereocenters. The summed E-state index contributed by atoms with van der Waals surface area (Å²) in [6, 6.07) is 4.09. The van der Waals surface area contributed by atoms with E-state index in [1.165, 1.54) is 25.1 Å². The lowest BCUT2D eigenvalue weighted by atomic mass is 9.78. The van der Waals surface area contributed by atoms with E-state index in [2.05, 4.69) is 10.1 Å². The third-order valence-corrected chi connectivity index (χ3v) is 2.76. The van der Waals surface area contributed by atoms with Crippen molar-refractivity contribution in [2.45, 2.75) is 13.1 Å². The van der Waals surface area contributed by atoms with Crippen LogP contribution in [0.5, 0.6) is 0 Å². The molecule has 0 bridgehead atoms. The summed E-state index contributed by atoms with van der Waals surface area (Å²) in [5.74, 6) is -0.167. The molecule has 0 amide bonds. The van der Waals surface area contributed by atoms with Gasteiger partial charge in [-0.3, -0.25) is 0 Å². The molecule has 2 heterocycles. The molecular formula is C10H8BClF3N3O2. The van der Waals surface area contributed by atoms with Crippen molar-refractivity contribution in [2.24, 2.45) is 0 Å². The van der Waals surface area contributed by atoms with Crippen molar-refractivity contribution >= 4 is 24.2 Å². The van der Waals surface area contributed by atoms with E-state index in [4.69, 9.17) is 21.6 Å². The molecule has 20 heavy (non-hydrogen) atoms. The quantitative estimate of drug-likeness (QED) is 0.639. The maximum Gasteiger partial charge on any atom is 0.492 e. The van der Waals surface area contributed by atoms with Gasteiger partial charge in [0.2, 0.25) is 0 Å². The van der Waals surface area contributed by atoms with Gasteiger partial charge in [-0.15, -0.1) is 0 Å². The molecule has 2 N–H and O–H groups in total. The van der Waals surface area contributed by atoms with Gasteiger partial charge >= 0.3 is 13.3 Å². The lowest BCUT2D eigenvalue weighted by Gasteiger charge is -2.12. The summed E-state index contributed by atoms with van der Waals surface area (Å²) in [6.45, 7) is 1.24. The molecule has 2 aromatic rings. The van der Waals surface area contributed by atoms with E-state index in [9.17, 15) is 13.2 Å². The number of alkyl halides is 3. The minimum atomic E-state index is -4.83. The van der Waals surface area contributed by atoms with Crippen molar-refractivity contribution in [1.29, 1.82) is 0 Å². The fraction of sp³-hybridized carbons (Fsp3) is 0.200. The zero-order valence-electron chi connectivity index (χ0n) is 10.1. The van der Waals surface area contributed by atoms with Crippen molar-refractivity contribution in [3.8, 4) is 5.82 Å². The topological polar surface area (TPSA) is 71.2 Å². The van der Waals surface area contributed by atoms with Crippen LogP contribution in [0.25, 0.3) is 5.82 Å². The Morgan fingerprint density at radius 2 is 1.95 bits per heavy atom. The summed E-state index contributed by atoms with van der Waals surface area (Å²) in [5, 5.41) is 21.9. The van der Waals surface area contributed by atoms with Crippen molar-refractivity contribution in [2.75, 3.05) is 0 Å². The van der Waals surface area contributed by atoms with Gasteiger partial charge in [0.1, 0.15) is 10.8 Å². The third-order valence-electron chi connectivity index (χ3n) is 2.55. The van der Waals surface area contributed by atoms with E-state index in [1.54, 1.807) is 0 Å². The zero-order chi connectivity index (χ0) is 15.1. The van der Waals surface area contributed by atoms with Crippen LogP contribution in [-0.4, -0.2) is 31.9 Å². The molecule has 0 aliphatic carbocycles. The first-order chi connectivity index (χ1) is 9.21. The lowest BCUT2D eigenvalue weighted by Crippen LogP contribution is -2.37. The van der Waals surface area contributed by atoms with Gasteiger partial charge < -0.3 is 10.0 Å². The van der Waals surface area contributed by atoms with Gasteiger partial charge in [0.25, 0.3) is 0 Å². The third kappa shape index (κ3) is 2.65. The highest BCUT2D eigenvalue weighted by Gasteiger charge is 2.43.